The van der Waals surface area contributed by atoms with Gasteiger partial charge in [-0.25, -0.2) is 4.79 Å². The molecule has 1 aliphatic heterocycles. The third kappa shape index (κ3) is 7.28. The Kier molecular flexibility index (Phi) is 10.6. The molecule has 1 aliphatic rings. The minimum atomic E-state index is -1.12. The van der Waals surface area contributed by atoms with Gasteiger partial charge in [0.2, 0.25) is 17.7 Å². The Morgan fingerprint density at radius 1 is 1.17 bits per heavy atom. The van der Waals surface area contributed by atoms with Crippen LogP contribution < -0.4 is 22.1 Å². The van der Waals surface area contributed by atoms with E-state index in [2.05, 4.69) is 10.6 Å². The van der Waals surface area contributed by atoms with Crippen molar-refractivity contribution in [1.29, 1.82) is 0 Å². The van der Waals surface area contributed by atoms with Gasteiger partial charge in [-0.2, -0.15) is 0 Å². The first-order chi connectivity index (χ1) is 13.8. The molecular weight excluding hydrogens is 378 g/mol. The summed E-state index contributed by atoms with van der Waals surface area (Å²) in [5.74, 6) is -2.65. The summed E-state index contributed by atoms with van der Waals surface area (Å²) < 4.78 is 0. The molecule has 10 nitrogen and oxygen atoms in total. The number of likely N-dealkylation sites (tertiary alicyclic amines) is 1. The molecule has 1 heterocycles. The van der Waals surface area contributed by atoms with Crippen LogP contribution >= 0.6 is 0 Å². The summed E-state index contributed by atoms with van der Waals surface area (Å²) in [6.07, 6.45) is 3.38. The lowest BCUT2D eigenvalue weighted by Gasteiger charge is -2.27. The number of carboxylic acid groups (broad SMARTS) is 1. The van der Waals surface area contributed by atoms with E-state index in [0.29, 0.717) is 51.6 Å². The van der Waals surface area contributed by atoms with Gasteiger partial charge in [0.05, 0.1) is 6.54 Å². The van der Waals surface area contributed by atoms with E-state index in [1.54, 1.807) is 6.92 Å². The lowest BCUT2D eigenvalue weighted by molar-refractivity contribution is -0.144. The predicted molar refractivity (Wildman–Crippen MR) is 108 cm³/mol. The molecule has 0 aliphatic carbocycles. The fraction of sp³-hybridized carbons (Fsp3) is 0.789. The zero-order valence-corrected chi connectivity index (χ0v) is 17.4. The van der Waals surface area contributed by atoms with E-state index >= 15 is 0 Å². The Balaban J connectivity index is 2.87. The van der Waals surface area contributed by atoms with Crippen LogP contribution in [-0.2, 0) is 19.2 Å². The predicted octanol–water partition coefficient (Wildman–Crippen LogP) is -0.835. The molecule has 29 heavy (non-hydrogen) atoms. The normalized spacial score (nSPS) is 19.3. The number of rotatable bonds is 12. The van der Waals surface area contributed by atoms with Crippen molar-refractivity contribution in [3.63, 3.8) is 0 Å². The molecule has 166 valence electrons. The van der Waals surface area contributed by atoms with Crippen molar-refractivity contribution in [2.75, 3.05) is 19.6 Å². The van der Waals surface area contributed by atoms with Gasteiger partial charge in [0.15, 0.2) is 0 Å². The van der Waals surface area contributed by atoms with Crippen LogP contribution in [0.3, 0.4) is 0 Å². The Labute approximate surface area is 171 Å². The van der Waals surface area contributed by atoms with Crippen molar-refractivity contribution >= 4 is 23.7 Å². The van der Waals surface area contributed by atoms with E-state index < -0.39 is 35.9 Å². The first-order valence-corrected chi connectivity index (χ1v) is 10.3. The number of aliphatic carboxylic acids is 1. The number of carbonyl (C=O) groups is 4. The van der Waals surface area contributed by atoms with Gasteiger partial charge in [-0.3, -0.25) is 14.4 Å². The number of carbonyl (C=O) groups excluding carboxylic acids is 3. The Bertz CT molecular complexity index is 585. The average molecular weight is 414 g/mol. The van der Waals surface area contributed by atoms with Crippen LogP contribution in [0.5, 0.6) is 0 Å². The standard InChI is InChI=1S/C19H35N5O5/c1-3-12(2)16(19(28)29)23-17(26)13(7-4-5-9-20)22-18(27)14-8-6-10-24(14)15(25)11-21/h12-14,16H,3-11,20-21H2,1-2H3,(H,22,27)(H,23,26)(H,28,29). The van der Waals surface area contributed by atoms with Crippen molar-refractivity contribution in [1.82, 2.24) is 15.5 Å². The molecule has 0 bridgehead atoms. The number of nitrogens with one attached hydrogen (secondary N) is 2. The topological polar surface area (TPSA) is 168 Å². The van der Waals surface area contributed by atoms with E-state index in [-0.39, 0.29) is 18.4 Å². The van der Waals surface area contributed by atoms with E-state index in [4.69, 9.17) is 11.5 Å². The molecule has 0 radical (unpaired) electrons. The van der Waals surface area contributed by atoms with Crippen LogP contribution in [0.4, 0.5) is 0 Å². The largest absolute Gasteiger partial charge is 0.480 e. The van der Waals surface area contributed by atoms with E-state index in [9.17, 15) is 24.3 Å². The van der Waals surface area contributed by atoms with Crippen LogP contribution in [0.1, 0.15) is 52.4 Å². The third-order valence-electron chi connectivity index (χ3n) is 5.41. The lowest BCUT2D eigenvalue weighted by Crippen LogP contribution is -2.56. The maximum absolute atomic E-state index is 12.8. The van der Waals surface area contributed by atoms with Gasteiger partial charge in [-0.05, 0) is 44.6 Å². The van der Waals surface area contributed by atoms with Gasteiger partial charge < -0.3 is 32.1 Å². The lowest BCUT2D eigenvalue weighted by atomic mass is 9.98. The summed E-state index contributed by atoms with van der Waals surface area (Å²) in [4.78, 5) is 50.5. The average Bonchev–Trinajstić information content (AvgIpc) is 3.19. The summed E-state index contributed by atoms with van der Waals surface area (Å²) >= 11 is 0. The van der Waals surface area contributed by atoms with Gasteiger partial charge in [-0.15, -0.1) is 0 Å². The molecule has 10 heteroatoms. The molecule has 1 rings (SSSR count). The number of nitrogens with two attached hydrogens (primary N) is 2. The van der Waals surface area contributed by atoms with Crippen LogP contribution in [0.2, 0.25) is 0 Å². The molecule has 7 N–H and O–H groups in total. The number of hydrogen-bond donors (Lipinski definition) is 5. The number of nitrogens with zero attached hydrogens (tertiary/aromatic N) is 1. The molecule has 4 unspecified atom stereocenters. The van der Waals surface area contributed by atoms with Crippen molar-refractivity contribution in [3.05, 3.63) is 0 Å². The van der Waals surface area contributed by atoms with Crippen molar-refractivity contribution in [3.8, 4) is 0 Å². The highest BCUT2D eigenvalue weighted by molar-refractivity contribution is 5.93. The Hall–Kier alpha value is -2.20. The first kappa shape index (κ1) is 24.8. The number of carboxylic acids is 1. The number of unbranched alkanes of at least 4 members (excludes halogenated alkanes) is 1. The van der Waals surface area contributed by atoms with Crippen LogP contribution in [0.15, 0.2) is 0 Å². The highest BCUT2D eigenvalue weighted by atomic mass is 16.4. The van der Waals surface area contributed by atoms with Crippen LogP contribution in [-0.4, -0.2) is 71.5 Å². The highest BCUT2D eigenvalue weighted by Gasteiger charge is 2.36. The zero-order valence-electron chi connectivity index (χ0n) is 17.4. The quantitative estimate of drug-likeness (QED) is 0.260. The highest BCUT2D eigenvalue weighted by Crippen LogP contribution is 2.18. The molecule has 0 aromatic rings. The molecule has 0 spiro atoms. The minimum Gasteiger partial charge on any atom is -0.480 e. The smallest absolute Gasteiger partial charge is 0.326 e. The molecule has 1 saturated heterocycles. The summed E-state index contributed by atoms with van der Waals surface area (Å²) in [5.41, 5.74) is 10.9. The Morgan fingerprint density at radius 2 is 1.86 bits per heavy atom. The molecular formula is C19H35N5O5. The van der Waals surface area contributed by atoms with Gasteiger partial charge in [-0.1, -0.05) is 20.3 Å². The molecule has 3 amide bonds. The van der Waals surface area contributed by atoms with Crippen molar-refractivity contribution in [2.45, 2.75) is 70.5 Å². The molecule has 0 aromatic heterocycles. The first-order valence-electron chi connectivity index (χ1n) is 10.3. The zero-order chi connectivity index (χ0) is 22.0. The Morgan fingerprint density at radius 3 is 2.41 bits per heavy atom. The fourth-order valence-electron chi connectivity index (χ4n) is 3.42. The summed E-state index contributed by atoms with van der Waals surface area (Å²) in [6, 6.07) is -2.60. The summed E-state index contributed by atoms with van der Waals surface area (Å²) in [7, 11) is 0. The monoisotopic (exact) mass is 413 g/mol. The summed E-state index contributed by atoms with van der Waals surface area (Å²) in [5, 5.41) is 14.7. The minimum absolute atomic E-state index is 0.181. The van der Waals surface area contributed by atoms with Gasteiger partial charge >= 0.3 is 5.97 Å². The van der Waals surface area contributed by atoms with Gasteiger partial charge in [0, 0.05) is 6.54 Å². The van der Waals surface area contributed by atoms with E-state index in [1.807, 2.05) is 6.92 Å². The van der Waals surface area contributed by atoms with Crippen LogP contribution in [0, 0.1) is 5.92 Å². The third-order valence-corrected chi connectivity index (χ3v) is 5.41. The molecule has 4 atom stereocenters. The number of hydrogen-bond acceptors (Lipinski definition) is 6. The second-order valence-electron chi connectivity index (χ2n) is 7.50. The van der Waals surface area contributed by atoms with Crippen LogP contribution in [0.25, 0.3) is 0 Å². The second kappa shape index (κ2) is 12.4. The van der Waals surface area contributed by atoms with Gasteiger partial charge in [0.1, 0.15) is 18.1 Å². The number of amides is 3. The summed E-state index contributed by atoms with van der Waals surface area (Å²) in [6.45, 7) is 4.31. The second-order valence-corrected chi connectivity index (χ2v) is 7.50. The van der Waals surface area contributed by atoms with Crippen molar-refractivity contribution in [2.24, 2.45) is 17.4 Å². The van der Waals surface area contributed by atoms with Crippen molar-refractivity contribution < 1.29 is 24.3 Å². The fourth-order valence-corrected chi connectivity index (χ4v) is 3.42. The molecule has 1 fully saturated rings. The molecule has 0 saturated carbocycles. The van der Waals surface area contributed by atoms with E-state index in [0.717, 1.165) is 0 Å². The maximum Gasteiger partial charge on any atom is 0.326 e. The SMILES string of the molecule is CCC(C)C(NC(=O)C(CCCCN)NC(=O)C1CCCN1C(=O)CN)C(=O)O. The molecule has 0 aromatic carbocycles. The van der Waals surface area contributed by atoms with E-state index in [1.165, 1.54) is 4.90 Å². The van der Waals surface area contributed by atoms with Gasteiger partial charge in [0.25, 0.3) is 0 Å². The maximum atomic E-state index is 12.8.